The maximum Gasteiger partial charge on any atom is 0.252 e. The fourth-order valence-electron chi connectivity index (χ4n) is 3.86. The van der Waals surface area contributed by atoms with Crippen LogP contribution in [0.3, 0.4) is 0 Å². The standard InChI is InChI=1S/C19H26ClN5O4S2/c20-15-4-7-19(30-15)31(27,28)25-12-10-23(11-13-25)14-16-21-17(29-22-16)5-6-18(26)24-8-2-1-3-9-24/h4,7H,1-3,5-6,8-14H2. The minimum absolute atomic E-state index is 0.142. The first-order chi connectivity index (χ1) is 14.9. The minimum Gasteiger partial charge on any atom is -0.343 e. The number of piperidine rings is 1. The Morgan fingerprint density at radius 3 is 2.52 bits per heavy atom. The molecular formula is C19H26ClN5O4S2. The number of hydrogen-bond acceptors (Lipinski definition) is 8. The number of nitrogens with zero attached hydrogens (tertiary/aromatic N) is 5. The van der Waals surface area contributed by atoms with Gasteiger partial charge in [0.15, 0.2) is 5.82 Å². The van der Waals surface area contributed by atoms with Crippen molar-refractivity contribution in [3.05, 3.63) is 28.2 Å². The Morgan fingerprint density at radius 1 is 1.10 bits per heavy atom. The molecule has 0 bridgehead atoms. The average molecular weight is 488 g/mol. The Hall–Kier alpha value is -1.53. The van der Waals surface area contributed by atoms with Crippen molar-refractivity contribution in [1.82, 2.24) is 24.2 Å². The molecule has 170 valence electrons. The molecule has 0 aliphatic carbocycles. The van der Waals surface area contributed by atoms with Gasteiger partial charge < -0.3 is 9.42 Å². The van der Waals surface area contributed by atoms with Gasteiger partial charge in [-0.3, -0.25) is 9.69 Å². The van der Waals surface area contributed by atoms with Crippen molar-refractivity contribution in [2.24, 2.45) is 0 Å². The first-order valence-electron chi connectivity index (χ1n) is 10.5. The van der Waals surface area contributed by atoms with Gasteiger partial charge in [0.1, 0.15) is 4.21 Å². The predicted octanol–water partition coefficient (Wildman–Crippen LogP) is 2.24. The van der Waals surface area contributed by atoms with E-state index in [2.05, 4.69) is 15.0 Å². The number of rotatable bonds is 7. The van der Waals surface area contributed by atoms with Gasteiger partial charge in [-0.15, -0.1) is 11.3 Å². The molecule has 2 saturated heterocycles. The summed E-state index contributed by atoms with van der Waals surface area (Å²) in [6.45, 7) is 4.12. The number of aromatic nitrogens is 2. The van der Waals surface area contributed by atoms with E-state index in [1.807, 2.05) is 4.90 Å². The van der Waals surface area contributed by atoms with Crippen LogP contribution < -0.4 is 0 Å². The van der Waals surface area contributed by atoms with Crippen molar-refractivity contribution in [2.75, 3.05) is 39.3 Å². The zero-order valence-electron chi connectivity index (χ0n) is 17.2. The maximum absolute atomic E-state index is 12.7. The van der Waals surface area contributed by atoms with E-state index in [0.717, 1.165) is 37.3 Å². The molecule has 0 atom stereocenters. The molecule has 12 heteroatoms. The number of carbonyl (C=O) groups excluding carboxylic acids is 1. The number of halogens is 1. The van der Waals surface area contributed by atoms with Gasteiger partial charge in [-0.05, 0) is 31.4 Å². The Labute approximate surface area is 191 Å². The molecule has 2 aliphatic heterocycles. The Kier molecular flexibility index (Phi) is 7.27. The molecule has 2 aliphatic rings. The lowest BCUT2D eigenvalue weighted by Crippen LogP contribution is -2.48. The molecule has 0 N–H and O–H groups in total. The lowest BCUT2D eigenvalue weighted by atomic mass is 10.1. The van der Waals surface area contributed by atoms with E-state index in [-0.39, 0.29) is 10.1 Å². The summed E-state index contributed by atoms with van der Waals surface area (Å²) in [5.74, 6) is 1.17. The Balaban J connectivity index is 1.24. The van der Waals surface area contributed by atoms with E-state index in [0.29, 0.717) is 61.6 Å². The molecular weight excluding hydrogens is 462 g/mol. The molecule has 2 aromatic heterocycles. The molecule has 0 unspecified atom stereocenters. The summed E-state index contributed by atoms with van der Waals surface area (Å²) in [6.07, 6.45) is 4.17. The van der Waals surface area contributed by atoms with Crippen LogP contribution in [0.15, 0.2) is 20.9 Å². The quantitative estimate of drug-likeness (QED) is 0.590. The van der Waals surface area contributed by atoms with E-state index in [1.165, 1.54) is 10.7 Å². The molecule has 0 radical (unpaired) electrons. The van der Waals surface area contributed by atoms with Crippen LogP contribution in [-0.4, -0.2) is 77.8 Å². The number of amides is 1. The van der Waals surface area contributed by atoms with E-state index in [9.17, 15) is 13.2 Å². The van der Waals surface area contributed by atoms with Crippen molar-refractivity contribution >= 4 is 38.9 Å². The largest absolute Gasteiger partial charge is 0.343 e. The van der Waals surface area contributed by atoms with Crippen LogP contribution >= 0.6 is 22.9 Å². The Bertz CT molecular complexity index is 995. The second kappa shape index (κ2) is 9.95. The van der Waals surface area contributed by atoms with E-state index in [4.69, 9.17) is 16.1 Å². The highest BCUT2D eigenvalue weighted by Gasteiger charge is 2.30. The number of hydrogen-bond donors (Lipinski definition) is 0. The van der Waals surface area contributed by atoms with Crippen molar-refractivity contribution in [2.45, 2.75) is 42.9 Å². The van der Waals surface area contributed by atoms with Gasteiger partial charge >= 0.3 is 0 Å². The highest BCUT2D eigenvalue weighted by molar-refractivity contribution is 7.91. The lowest BCUT2D eigenvalue weighted by Gasteiger charge is -2.32. The third-order valence-electron chi connectivity index (χ3n) is 5.61. The van der Waals surface area contributed by atoms with E-state index < -0.39 is 10.0 Å². The van der Waals surface area contributed by atoms with Crippen LogP contribution in [0.5, 0.6) is 0 Å². The fourth-order valence-corrected chi connectivity index (χ4v) is 6.92. The highest BCUT2D eigenvalue weighted by Crippen LogP contribution is 2.28. The molecule has 2 aromatic rings. The third kappa shape index (κ3) is 5.64. The van der Waals surface area contributed by atoms with Gasteiger partial charge in [-0.25, -0.2) is 8.42 Å². The summed E-state index contributed by atoms with van der Waals surface area (Å²) in [7, 11) is -3.50. The lowest BCUT2D eigenvalue weighted by molar-refractivity contribution is -0.132. The van der Waals surface area contributed by atoms with Crippen LogP contribution in [0.4, 0.5) is 0 Å². The van der Waals surface area contributed by atoms with Gasteiger partial charge in [0.2, 0.25) is 11.8 Å². The summed E-state index contributed by atoms with van der Waals surface area (Å²) >= 11 is 6.96. The van der Waals surface area contributed by atoms with Crippen LogP contribution in [-0.2, 0) is 27.8 Å². The topological polar surface area (TPSA) is 99.9 Å². The molecule has 4 rings (SSSR count). The van der Waals surface area contributed by atoms with Gasteiger partial charge in [-0.2, -0.15) is 9.29 Å². The smallest absolute Gasteiger partial charge is 0.252 e. The maximum atomic E-state index is 12.7. The van der Waals surface area contributed by atoms with Crippen molar-refractivity contribution < 1.29 is 17.7 Å². The molecule has 4 heterocycles. The Morgan fingerprint density at radius 2 is 1.84 bits per heavy atom. The number of sulfonamides is 1. The zero-order chi connectivity index (χ0) is 21.8. The molecule has 31 heavy (non-hydrogen) atoms. The zero-order valence-corrected chi connectivity index (χ0v) is 19.6. The summed E-state index contributed by atoms with van der Waals surface area (Å²) in [5, 5.41) is 4.02. The van der Waals surface area contributed by atoms with Gasteiger partial charge in [0.05, 0.1) is 10.9 Å². The fraction of sp³-hybridized carbons (Fsp3) is 0.632. The number of likely N-dealkylation sites (tertiary alicyclic amines) is 1. The molecule has 0 spiro atoms. The highest BCUT2D eigenvalue weighted by atomic mass is 35.5. The number of aryl methyl sites for hydroxylation is 1. The first kappa shape index (κ1) is 22.7. The van der Waals surface area contributed by atoms with Crippen molar-refractivity contribution in [3.8, 4) is 0 Å². The predicted molar refractivity (Wildman–Crippen MR) is 116 cm³/mol. The van der Waals surface area contributed by atoms with Crippen LogP contribution in [0.25, 0.3) is 0 Å². The summed E-state index contributed by atoms with van der Waals surface area (Å²) in [4.78, 5) is 20.7. The molecule has 0 aromatic carbocycles. The molecule has 0 saturated carbocycles. The van der Waals surface area contributed by atoms with Crippen LogP contribution in [0, 0.1) is 0 Å². The number of piperazine rings is 1. The molecule has 9 nitrogen and oxygen atoms in total. The van der Waals surface area contributed by atoms with Crippen molar-refractivity contribution in [1.29, 1.82) is 0 Å². The summed E-state index contributed by atoms with van der Waals surface area (Å²) < 4.78 is 32.9. The minimum atomic E-state index is -3.50. The van der Waals surface area contributed by atoms with E-state index in [1.54, 1.807) is 12.1 Å². The van der Waals surface area contributed by atoms with Gasteiger partial charge in [0, 0.05) is 52.1 Å². The first-order valence-corrected chi connectivity index (χ1v) is 13.1. The average Bonchev–Trinajstić information content (AvgIpc) is 3.42. The summed E-state index contributed by atoms with van der Waals surface area (Å²) in [5.41, 5.74) is 0. The number of thiophene rings is 1. The normalized spacial score (nSPS) is 19.1. The summed E-state index contributed by atoms with van der Waals surface area (Å²) in [6, 6.07) is 3.15. The van der Waals surface area contributed by atoms with Gasteiger partial charge in [-0.1, -0.05) is 16.8 Å². The number of carbonyl (C=O) groups is 1. The second-order valence-corrected chi connectivity index (χ2v) is 11.7. The monoisotopic (exact) mass is 487 g/mol. The third-order valence-corrected chi connectivity index (χ3v) is 9.21. The van der Waals surface area contributed by atoms with Crippen molar-refractivity contribution in [3.63, 3.8) is 0 Å². The van der Waals surface area contributed by atoms with Crippen LogP contribution in [0.1, 0.15) is 37.4 Å². The second-order valence-electron chi connectivity index (χ2n) is 7.78. The molecule has 1 amide bonds. The van der Waals surface area contributed by atoms with Gasteiger partial charge in [0.25, 0.3) is 10.0 Å². The SMILES string of the molecule is O=C(CCc1nc(CN2CCN(S(=O)(=O)c3ccc(Cl)s3)CC2)no1)N1CCCCC1. The van der Waals surface area contributed by atoms with E-state index >= 15 is 0 Å². The van der Waals surface area contributed by atoms with Crippen LogP contribution in [0.2, 0.25) is 4.34 Å². The molecule has 2 fully saturated rings.